The van der Waals surface area contributed by atoms with Gasteiger partial charge >= 0.3 is 5.97 Å². The molecule has 1 aliphatic heterocycles. The van der Waals surface area contributed by atoms with Crippen LogP contribution in [0.1, 0.15) is 12.0 Å². The highest BCUT2D eigenvalue weighted by Gasteiger charge is 2.15. The van der Waals surface area contributed by atoms with Gasteiger partial charge in [-0.25, -0.2) is 0 Å². The number of hydrogen-bond donors (Lipinski definition) is 0. The van der Waals surface area contributed by atoms with Crippen molar-refractivity contribution >= 4 is 12.0 Å². The SMILES string of the molecule is O=C1CC(=Cc2ccccc2)CO1. The lowest BCUT2D eigenvalue weighted by atomic mass is 10.1. The summed E-state index contributed by atoms with van der Waals surface area (Å²) in [7, 11) is 0. The molecule has 2 heteroatoms. The van der Waals surface area contributed by atoms with Gasteiger partial charge in [0.1, 0.15) is 6.61 Å². The molecule has 0 radical (unpaired) electrons. The van der Waals surface area contributed by atoms with Crippen molar-refractivity contribution in [3.63, 3.8) is 0 Å². The normalized spacial score (nSPS) is 19.1. The summed E-state index contributed by atoms with van der Waals surface area (Å²) in [4.78, 5) is 10.8. The molecule has 0 aliphatic carbocycles. The number of carbonyl (C=O) groups is 1. The second-order valence-electron chi connectivity index (χ2n) is 3.05. The van der Waals surface area contributed by atoms with Crippen LogP contribution >= 0.6 is 0 Å². The van der Waals surface area contributed by atoms with Gasteiger partial charge in [-0.3, -0.25) is 4.79 Å². The van der Waals surface area contributed by atoms with Crippen LogP contribution in [0.2, 0.25) is 0 Å². The van der Waals surface area contributed by atoms with Gasteiger partial charge in [-0.05, 0) is 11.1 Å². The molecule has 2 rings (SSSR count). The summed E-state index contributed by atoms with van der Waals surface area (Å²) >= 11 is 0. The molecule has 1 fully saturated rings. The molecule has 0 amide bonds. The van der Waals surface area contributed by atoms with Crippen molar-refractivity contribution in [2.24, 2.45) is 0 Å². The van der Waals surface area contributed by atoms with Crippen molar-refractivity contribution < 1.29 is 9.53 Å². The zero-order valence-electron chi connectivity index (χ0n) is 7.19. The average molecular weight is 174 g/mol. The van der Waals surface area contributed by atoms with Gasteiger partial charge in [0, 0.05) is 0 Å². The van der Waals surface area contributed by atoms with Gasteiger partial charge in [0.05, 0.1) is 6.42 Å². The van der Waals surface area contributed by atoms with E-state index < -0.39 is 0 Å². The van der Waals surface area contributed by atoms with E-state index in [-0.39, 0.29) is 5.97 Å². The Hall–Kier alpha value is -1.57. The number of benzene rings is 1. The Labute approximate surface area is 76.8 Å². The minimum absolute atomic E-state index is 0.123. The van der Waals surface area contributed by atoms with Gasteiger partial charge in [0.15, 0.2) is 0 Å². The van der Waals surface area contributed by atoms with Gasteiger partial charge in [0.2, 0.25) is 0 Å². The van der Waals surface area contributed by atoms with Crippen molar-refractivity contribution in [2.45, 2.75) is 6.42 Å². The van der Waals surface area contributed by atoms with E-state index in [9.17, 15) is 4.79 Å². The van der Waals surface area contributed by atoms with E-state index in [0.717, 1.165) is 11.1 Å². The second kappa shape index (κ2) is 3.44. The van der Waals surface area contributed by atoms with Crippen LogP contribution in [0.25, 0.3) is 6.08 Å². The third-order valence-electron chi connectivity index (χ3n) is 1.96. The summed E-state index contributed by atoms with van der Waals surface area (Å²) in [6.45, 7) is 0.452. The first-order valence-corrected chi connectivity index (χ1v) is 4.25. The van der Waals surface area contributed by atoms with E-state index in [1.807, 2.05) is 36.4 Å². The molecule has 66 valence electrons. The van der Waals surface area contributed by atoms with Crippen molar-refractivity contribution in [1.29, 1.82) is 0 Å². The Kier molecular flexibility index (Phi) is 2.13. The number of ether oxygens (including phenoxy) is 1. The van der Waals surface area contributed by atoms with Crippen molar-refractivity contribution in [2.75, 3.05) is 6.61 Å². The smallest absolute Gasteiger partial charge is 0.310 e. The van der Waals surface area contributed by atoms with Gasteiger partial charge in [-0.2, -0.15) is 0 Å². The van der Waals surface area contributed by atoms with Crippen LogP contribution in [-0.4, -0.2) is 12.6 Å². The maximum Gasteiger partial charge on any atom is 0.310 e. The summed E-state index contributed by atoms with van der Waals surface area (Å²) in [6.07, 6.45) is 2.44. The van der Waals surface area contributed by atoms with Crippen LogP contribution in [0.15, 0.2) is 35.9 Å². The Morgan fingerprint density at radius 1 is 1.23 bits per heavy atom. The molecule has 0 bridgehead atoms. The lowest BCUT2D eigenvalue weighted by Crippen LogP contribution is -1.88. The van der Waals surface area contributed by atoms with Gasteiger partial charge in [0.25, 0.3) is 0 Å². The molecule has 1 aromatic rings. The van der Waals surface area contributed by atoms with Gasteiger partial charge in [-0.15, -0.1) is 0 Å². The summed E-state index contributed by atoms with van der Waals surface area (Å²) in [5.74, 6) is -0.123. The topological polar surface area (TPSA) is 26.3 Å². The van der Waals surface area contributed by atoms with Crippen molar-refractivity contribution in [1.82, 2.24) is 0 Å². The lowest BCUT2D eigenvalue weighted by Gasteiger charge is -1.93. The fourth-order valence-electron chi connectivity index (χ4n) is 1.34. The molecular weight excluding hydrogens is 164 g/mol. The van der Waals surface area contributed by atoms with Gasteiger partial charge < -0.3 is 4.74 Å². The van der Waals surface area contributed by atoms with E-state index in [1.165, 1.54) is 0 Å². The second-order valence-corrected chi connectivity index (χ2v) is 3.05. The minimum atomic E-state index is -0.123. The van der Waals surface area contributed by atoms with Crippen LogP contribution in [0.3, 0.4) is 0 Å². The fraction of sp³-hybridized carbons (Fsp3) is 0.182. The largest absolute Gasteiger partial charge is 0.461 e. The molecule has 0 atom stereocenters. The van der Waals surface area contributed by atoms with Crippen LogP contribution < -0.4 is 0 Å². The number of carbonyl (C=O) groups excluding carboxylic acids is 1. The summed E-state index contributed by atoms with van der Waals surface area (Å²) in [5, 5.41) is 0. The molecule has 0 saturated carbocycles. The van der Waals surface area contributed by atoms with E-state index in [4.69, 9.17) is 4.74 Å². The molecule has 1 saturated heterocycles. The van der Waals surface area contributed by atoms with E-state index in [0.29, 0.717) is 13.0 Å². The number of cyclic esters (lactones) is 1. The number of esters is 1. The molecule has 1 heterocycles. The molecule has 13 heavy (non-hydrogen) atoms. The van der Waals surface area contributed by atoms with Crippen LogP contribution in [-0.2, 0) is 9.53 Å². The van der Waals surface area contributed by atoms with Crippen molar-refractivity contribution in [3.05, 3.63) is 41.5 Å². The maximum absolute atomic E-state index is 10.8. The van der Waals surface area contributed by atoms with Gasteiger partial charge in [-0.1, -0.05) is 36.4 Å². The van der Waals surface area contributed by atoms with Crippen LogP contribution in [0.4, 0.5) is 0 Å². The number of hydrogen-bond acceptors (Lipinski definition) is 2. The Morgan fingerprint density at radius 2 is 2.00 bits per heavy atom. The molecule has 0 unspecified atom stereocenters. The summed E-state index contributed by atoms with van der Waals surface area (Å²) in [6, 6.07) is 9.94. The Balaban J connectivity index is 2.17. The highest BCUT2D eigenvalue weighted by Crippen LogP contribution is 2.16. The molecule has 0 N–H and O–H groups in total. The highest BCUT2D eigenvalue weighted by atomic mass is 16.5. The maximum atomic E-state index is 10.8. The zero-order chi connectivity index (χ0) is 9.10. The quantitative estimate of drug-likeness (QED) is 0.609. The fourth-order valence-corrected chi connectivity index (χ4v) is 1.34. The third kappa shape index (κ3) is 1.96. The standard InChI is InChI=1S/C11H10O2/c12-11-7-10(8-13-11)6-9-4-2-1-3-5-9/h1-6H,7-8H2. The zero-order valence-corrected chi connectivity index (χ0v) is 7.19. The first kappa shape index (κ1) is 8.05. The first-order valence-electron chi connectivity index (χ1n) is 4.25. The highest BCUT2D eigenvalue weighted by molar-refractivity contribution is 5.78. The molecule has 1 aromatic carbocycles. The third-order valence-corrected chi connectivity index (χ3v) is 1.96. The predicted octanol–water partition coefficient (Wildman–Crippen LogP) is 2.02. The Morgan fingerprint density at radius 3 is 2.62 bits per heavy atom. The minimum Gasteiger partial charge on any atom is -0.461 e. The van der Waals surface area contributed by atoms with E-state index in [1.54, 1.807) is 0 Å². The number of rotatable bonds is 1. The lowest BCUT2D eigenvalue weighted by molar-refractivity contribution is -0.137. The molecule has 0 spiro atoms. The van der Waals surface area contributed by atoms with Crippen LogP contribution in [0.5, 0.6) is 0 Å². The predicted molar refractivity (Wildman–Crippen MR) is 50.0 cm³/mol. The molecule has 2 nitrogen and oxygen atoms in total. The van der Waals surface area contributed by atoms with Crippen LogP contribution in [0, 0.1) is 0 Å². The first-order chi connectivity index (χ1) is 6.34. The molecular formula is C11H10O2. The molecule has 1 aliphatic rings. The average Bonchev–Trinajstić information content (AvgIpc) is 2.53. The summed E-state index contributed by atoms with van der Waals surface area (Å²) < 4.78 is 4.83. The molecule has 0 aromatic heterocycles. The van der Waals surface area contributed by atoms with E-state index >= 15 is 0 Å². The van der Waals surface area contributed by atoms with Crippen molar-refractivity contribution in [3.8, 4) is 0 Å². The summed E-state index contributed by atoms with van der Waals surface area (Å²) in [5.41, 5.74) is 2.17. The Bertz CT molecular complexity index is 338. The van der Waals surface area contributed by atoms with E-state index in [2.05, 4.69) is 0 Å². The monoisotopic (exact) mass is 174 g/mol.